The minimum atomic E-state index is -0.303. The number of hydrazone groups is 1. The number of aryl methyl sites for hydroxylation is 1. The van der Waals surface area contributed by atoms with Crippen LogP contribution in [0.2, 0.25) is 0 Å². The third kappa shape index (κ3) is 6.83. The Balaban J connectivity index is 1.43. The number of ketones is 1. The van der Waals surface area contributed by atoms with Crippen LogP contribution < -0.4 is 14.9 Å². The molecule has 190 valence electrons. The Bertz CT molecular complexity index is 1400. The minimum absolute atomic E-state index is 0.0359. The molecule has 0 fully saturated rings. The summed E-state index contributed by atoms with van der Waals surface area (Å²) in [5.74, 6) is 0.627. The third-order valence-corrected chi connectivity index (χ3v) is 6.93. The fourth-order valence-electron chi connectivity index (χ4n) is 4.03. The molecule has 6 nitrogen and oxygen atoms in total. The molecule has 0 radical (unpaired) electrons. The number of rotatable bonds is 12. The SMILES string of the molecule is CCOc1ccc(C(=O)CCC(=O)N/N=C(\CCc2ccccc2)c2csc3ccccc23)cc1OC. The van der Waals surface area contributed by atoms with Gasteiger partial charge in [-0.2, -0.15) is 5.10 Å². The number of Topliss-reactive ketones (excluding diaryl/α,β-unsaturated/α-hetero) is 1. The Hall–Kier alpha value is -3.97. The van der Waals surface area contributed by atoms with E-state index in [1.165, 1.54) is 17.4 Å². The maximum Gasteiger partial charge on any atom is 0.240 e. The smallest absolute Gasteiger partial charge is 0.240 e. The van der Waals surface area contributed by atoms with Gasteiger partial charge in [-0.05, 0) is 49.6 Å². The number of ether oxygens (including phenoxy) is 2. The summed E-state index contributed by atoms with van der Waals surface area (Å²) in [5.41, 5.74) is 6.21. The van der Waals surface area contributed by atoms with E-state index in [4.69, 9.17) is 9.47 Å². The highest BCUT2D eigenvalue weighted by Crippen LogP contribution is 2.29. The summed E-state index contributed by atoms with van der Waals surface area (Å²) in [4.78, 5) is 25.3. The van der Waals surface area contributed by atoms with Crippen molar-refractivity contribution in [1.82, 2.24) is 5.43 Å². The number of carbonyl (C=O) groups excluding carboxylic acids is 2. The van der Waals surface area contributed by atoms with Crippen LogP contribution in [0, 0.1) is 0 Å². The maximum absolute atomic E-state index is 12.7. The number of hydrogen-bond acceptors (Lipinski definition) is 6. The summed E-state index contributed by atoms with van der Waals surface area (Å²) in [5, 5.41) is 7.72. The Morgan fingerprint density at radius 3 is 2.49 bits per heavy atom. The number of carbonyl (C=O) groups is 2. The number of methoxy groups -OCH3 is 1. The Kier molecular flexibility index (Phi) is 9.05. The van der Waals surface area contributed by atoms with E-state index >= 15 is 0 Å². The van der Waals surface area contributed by atoms with Crippen molar-refractivity contribution in [3.63, 3.8) is 0 Å². The lowest BCUT2D eigenvalue weighted by molar-refractivity contribution is -0.121. The zero-order valence-electron chi connectivity index (χ0n) is 21.0. The number of hydrogen-bond donors (Lipinski definition) is 1. The lowest BCUT2D eigenvalue weighted by Crippen LogP contribution is -2.21. The van der Waals surface area contributed by atoms with Crippen LogP contribution in [0.15, 0.2) is 83.3 Å². The van der Waals surface area contributed by atoms with Crippen molar-refractivity contribution in [2.45, 2.75) is 32.6 Å². The van der Waals surface area contributed by atoms with Crippen LogP contribution in [0.25, 0.3) is 10.1 Å². The molecule has 1 N–H and O–H groups in total. The first-order valence-electron chi connectivity index (χ1n) is 12.3. The molecule has 1 aromatic heterocycles. The minimum Gasteiger partial charge on any atom is -0.493 e. The summed E-state index contributed by atoms with van der Waals surface area (Å²) in [7, 11) is 1.53. The summed E-state index contributed by atoms with van der Waals surface area (Å²) < 4.78 is 12.0. The van der Waals surface area contributed by atoms with Crippen LogP contribution in [-0.4, -0.2) is 31.1 Å². The first-order valence-corrected chi connectivity index (χ1v) is 13.2. The zero-order valence-corrected chi connectivity index (χ0v) is 21.8. The van der Waals surface area contributed by atoms with Crippen LogP contribution in [-0.2, 0) is 11.2 Å². The van der Waals surface area contributed by atoms with Gasteiger partial charge in [0.1, 0.15) is 0 Å². The molecule has 0 unspecified atom stereocenters. The Morgan fingerprint density at radius 2 is 1.70 bits per heavy atom. The van der Waals surface area contributed by atoms with Crippen molar-refractivity contribution < 1.29 is 19.1 Å². The van der Waals surface area contributed by atoms with E-state index in [1.54, 1.807) is 29.5 Å². The van der Waals surface area contributed by atoms with Crippen LogP contribution >= 0.6 is 11.3 Å². The molecule has 1 amide bonds. The summed E-state index contributed by atoms with van der Waals surface area (Å²) >= 11 is 1.66. The number of nitrogens with one attached hydrogen (secondary N) is 1. The second-order valence-electron chi connectivity index (χ2n) is 8.45. The van der Waals surface area contributed by atoms with Gasteiger partial charge in [0.05, 0.1) is 19.4 Å². The normalized spacial score (nSPS) is 11.4. The molecule has 1 heterocycles. The van der Waals surface area contributed by atoms with E-state index in [-0.39, 0.29) is 24.5 Å². The van der Waals surface area contributed by atoms with Gasteiger partial charge in [0.15, 0.2) is 17.3 Å². The van der Waals surface area contributed by atoms with E-state index < -0.39 is 0 Å². The van der Waals surface area contributed by atoms with Crippen molar-refractivity contribution >= 4 is 38.8 Å². The van der Waals surface area contributed by atoms with E-state index in [2.05, 4.69) is 40.2 Å². The second kappa shape index (κ2) is 12.8. The van der Waals surface area contributed by atoms with E-state index in [0.29, 0.717) is 30.1 Å². The number of benzene rings is 3. The topological polar surface area (TPSA) is 77.0 Å². The highest BCUT2D eigenvalue weighted by Gasteiger charge is 2.15. The fraction of sp³-hybridized carbons (Fsp3) is 0.233. The lowest BCUT2D eigenvalue weighted by atomic mass is 10.0. The van der Waals surface area contributed by atoms with Crippen molar-refractivity contribution in [1.29, 1.82) is 0 Å². The molecule has 0 aliphatic rings. The molecule has 0 aliphatic heterocycles. The van der Waals surface area contributed by atoms with Crippen LogP contribution in [0.4, 0.5) is 0 Å². The molecule has 0 bridgehead atoms. The average Bonchev–Trinajstić information content (AvgIpc) is 3.37. The molecular weight excluding hydrogens is 484 g/mol. The predicted molar refractivity (Wildman–Crippen MR) is 149 cm³/mol. The van der Waals surface area contributed by atoms with Crippen molar-refractivity contribution in [3.05, 3.63) is 94.9 Å². The van der Waals surface area contributed by atoms with Crippen molar-refractivity contribution in [2.24, 2.45) is 5.10 Å². The molecule has 0 spiro atoms. The monoisotopic (exact) mass is 514 g/mol. The van der Waals surface area contributed by atoms with E-state index in [0.717, 1.165) is 23.1 Å². The summed E-state index contributed by atoms with van der Waals surface area (Å²) in [6.07, 6.45) is 1.58. The first kappa shape index (κ1) is 26.1. The average molecular weight is 515 g/mol. The maximum atomic E-state index is 12.7. The number of fused-ring (bicyclic) bond motifs is 1. The van der Waals surface area contributed by atoms with Crippen molar-refractivity contribution in [3.8, 4) is 11.5 Å². The van der Waals surface area contributed by atoms with Gasteiger partial charge in [-0.25, -0.2) is 5.43 Å². The predicted octanol–water partition coefficient (Wildman–Crippen LogP) is 6.42. The van der Waals surface area contributed by atoms with Crippen LogP contribution in [0.1, 0.15) is 47.7 Å². The molecule has 7 heteroatoms. The molecule has 0 atom stereocenters. The van der Waals surface area contributed by atoms with Crippen LogP contribution in [0.3, 0.4) is 0 Å². The van der Waals surface area contributed by atoms with Gasteiger partial charge in [0.25, 0.3) is 0 Å². The van der Waals surface area contributed by atoms with Gasteiger partial charge in [-0.15, -0.1) is 11.3 Å². The highest BCUT2D eigenvalue weighted by atomic mass is 32.1. The number of nitrogens with zero attached hydrogens (tertiary/aromatic N) is 1. The van der Waals surface area contributed by atoms with Gasteiger partial charge >= 0.3 is 0 Å². The van der Waals surface area contributed by atoms with Gasteiger partial charge in [0.2, 0.25) is 5.91 Å². The van der Waals surface area contributed by atoms with Gasteiger partial charge in [-0.1, -0.05) is 48.5 Å². The molecule has 37 heavy (non-hydrogen) atoms. The molecule has 0 saturated heterocycles. The van der Waals surface area contributed by atoms with Gasteiger partial charge < -0.3 is 9.47 Å². The summed E-state index contributed by atoms with van der Waals surface area (Å²) in [6.45, 7) is 2.38. The number of thiophene rings is 1. The molecule has 0 saturated carbocycles. The van der Waals surface area contributed by atoms with E-state index in [9.17, 15) is 9.59 Å². The quantitative estimate of drug-likeness (QED) is 0.134. The van der Waals surface area contributed by atoms with E-state index in [1.807, 2.05) is 37.3 Å². The fourth-order valence-corrected chi connectivity index (χ4v) is 5.00. The van der Waals surface area contributed by atoms with Gasteiger partial charge in [0, 0.05) is 39.4 Å². The molecule has 4 rings (SSSR count). The van der Waals surface area contributed by atoms with Crippen LogP contribution in [0.5, 0.6) is 11.5 Å². The third-order valence-electron chi connectivity index (χ3n) is 5.97. The Labute approximate surface area is 220 Å². The lowest BCUT2D eigenvalue weighted by Gasteiger charge is -2.10. The first-order chi connectivity index (χ1) is 18.1. The number of amides is 1. The molecule has 3 aromatic carbocycles. The van der Waals surface area contributed by atoms with Crippen molar-refractivity contribution in [2.75, 3.05) is 13.7 Å². The highest BCUT2D eigenvalue weighted by molar-refractivity contribution is 7.17. The largest absolute Gasteiger partial charge is 0.493 e. The Morgan fingerprint density at radius 1 is 0.919 bits per heavy atom. The molecular formula is C30H30N2O4S. The zero-order chi connectivity index (χ0) is 26.0. The standard InChI is InChI=1S/C30H30N2O4S/c1-3-36-27-17-14-22(19-28(27)35-2)26(33)16-18-30(34)32-31-25(15-13-21-9-5-4-6-10-21)24-20-37-29-12-8-7-11-23(24)29/h4-12,14,17,19-20H,3,13,15-16,18H2,1-2H3,(H,32,34)/b31-25+. The van der Waals surface area contributed by atoms with Gasteiger partial charge in [-0.3, -0.25) is 9.59 Å². The summed E-state index contributed by atoms with van der Waals surface area (Å²) in [6, 6.07) is 23.4. The molecule has 4 aromatic rings. The second-order valence-corrected chi connectivity index (χ2v) is 9.36. The molecule has 0 aliphatic carbocycles.